The van der Waals surface area contributed by atoms with Gasteiger partial charge in [0.25, 0.3) is 0 Å². The van der Waals surface area contributed by atoms with Gasteiger partial charge in [0.15, 0.2) is 0 Å². The van der Waals surface area contributed by atoms with Crippen molar-refractivity contribution in [3.05, 3.63) is 71.8 Å². The Kier molecular flexibility index (Phi) is 4.62. The minimum absolute atomic E-state index is 0.586. The molecule has 2 nitrogen and oxygen atoms in total. The number of hydrogen-bond acceptors (Lipinski definition) is 3. The zero-order valence-corrected chi connectivity index (χ0v) is 11.4. The van der Waals surface area contributed by atoms with Crippen LogP contribution in [0.15, 0.2) is 60.7 Å². The second kappa shape index (κ2) is 6.42. The molecular weight excluding hydrogens is 252 g/mol. The van der Waals surface area contributed by atoms with Crippen LogP contribution in [-0.2, 0) is 11.3 Å². The maximum atomic E-state index is 9.35. The molecule has 96 valence electrons. The molecule has 1 unspecified atom stereocenters. The lowest BCUT2D eigenvalue weighted by molar-refractivity contribution is 0.659. The number of rotatable bonds is 5. The Bertz CT molecular complexity index is 548. The number of nitrogens with two attached hydrogens (primary N) is 1. The third kappa shape index (κ3) is 3.60. The fourth-order valence-electron chi connectivity index (χ4n) is 1.82. The van der Waals surface area contributed by atoms with Crippen LogP contribution in [0.5, 0.6) is 0 Å². The fraction of sp³-hybridized carbons (Fsp3) is 0.188. The zero-order valence-electron chi connectivity index (χ0n) is 10.6. The van der Waals surface area contributed by atoms with Crippen molar-refractivity contribution < 1.29 is 0 Å². The van der Waals surface area contributed by atoms with E-state index >= 15 is 0 Å². The predicted molar refractivity (Wildman–Crippen MR) is 80.5 cm³/mol. The van der Waals surface area contributed by atoms with Gasteiger partial charge in [-0.1, -0.05) is 60.7 Å². The van der Waals surface area contributed by atoms with E-state index in [2.05, 4.69) is 18.2 Å². The summed E-state index contributed by atoms with van der Waals surface area (Å²) in [6.45, 7) is 0. The van der Waals surface area contributed by atoms with E-state index in [4.69, 9.17) is 5.73 Å². The van der Waals surface area contributed by atoms with Crippen molar-refractivity contribution in [2.24, 2.45) is 5.73 Å². The molecule has 2 rings (SSSR count). The first-order chi connectivity index (χ1) is 9.24. The Morgan fingerprint density at radius 2 is 1.58 bits per heavy atom. The van der Waals surface area contributed by atoms with Gasteiger partial charge in [0.05, 0.1) is 6.07 Å². The maximum Gasteiger partial charge on any atom is 0.138 e. The minimum Gasteiger partial charge on any atom is -0.309 e. The molecule has 0 radical (unpaired) electrons. The van der Waals surface area contributed by atoms with Crippen LogP contribution >= 0.6 is 11.8 Å². The van der Waals surface area contributed by atoms with E-state index in [1.165, 1.54) is 5.56 Å². The van der Waals surface area contributed by atoms with E-state index in [0.29, 0.717) is 5.75 Å². The zero-order chi connectivity index (χ0) is 13.6. The summed E-state index contributed by atoms with van der Waals surface area (Å²) >= 11 is 1.69. The highest BCUT2D eigenvalue weighted by Crippen LogP contribution is 2.24. The topological polar surface area (TPSA) is 49.8 Å². The second-order valence-electron chi connectivity index (χ2n) is 4.43. The van der Waals surface area contributed by atoms with Gasteiger partial charge in [-0.05, 0) is 11.1 Å². The average Bonchev–Trinajstić information content (AvgIpc) is 2.49. The Morgan fingerprint density at radius 3 is 2.16 bits per heavy atom. The van der Waals surface area contributed by atoms with Crippen molar-refractivity contribution in [1.29, 1.82) is 5.26 Å². The summed E-state index contributed by atoms with van der Waals surface area (Å²) < 4.78 is 0. The molecule has 2 aromatic rings. The third-order valence-corrected chi connectivity index (χ3v) is 4.13. The second-order valence-corrected chi connectivity index (χ2v) is 5.41. The number of benzene rings is 2. The summed E-state index contributed by atoms with van der Waals surface area (Å²) in [5.74, 6) is 1.46. The summed E-state index contributed by atoms with van der Waals surface area (Å²) in [5, 5.41) is 9.35. The van der Waals surface area contributed by atoms with Crippen LogP contribution < -0.4 is 5.73 Å². The van der Waals surface area contributed by atoms with Crippen molar-refractivity contribution >= 4 is 11.8 Å². The summed E-state index contributed by atoms with van der Waals surface area (Å²) in [5.41, 5.74) is 7.41. The number of hydrogen-bond donors (Lipinski definition) is 1. The van der Waals surface area contributed by atoms with Crippen LogP contribution in [0, 0.1) is 11.3 Å². The van der Waals surface area contributed by atoms with Gasteiger partial charge in [-0.25, -0.2) is 0 Å². The first kappa shape index (κ1) is 13.7. The van der Waals surface area contributed by atoms with Gasteiger partial charge in [-0.15, -0.1) is 0 Å². The van der Waals surface area contributed by atoms with E-state index in [1.807, 2.05) is 48.5 Å². The molecule has 0 amide bonds. The van der Waals surface area contributed by atoms with Crippen LogP contribution in [-0.4, -0.2) is 5.75 Å². The molecule has 0 aliphatic carbocycles. The van der Waals surface area contributed by atoms with Crippen molar-refractivity contribution in [3.8, 4) is 6.07 Å². The van der Waals surface area contributed by atoms with Gasteiger partial charge in [0.1, 0.15) is 5.54 Å². The summed E-state index contributed by atoms with van der Waals surface area (Å²) in [6.07, 6.45) is 0. The molecule has 0 saturated carbocycles. The molecule has 19 heavy (non-hydrogen) atoms. The molecule has 0 aliphatic rings. The quantitative estimate of drug-likeness (QED) is 0.905. The monoisotopic (exact) mass is 268 g/mol. The molecule has 0 heterocycles. The molecule has 0 fully saturated rings. The highest BCUT2D eigenvalue weighted by molar-refractivity contribution is 7.98. The Morgan fingerprint density at radius 1 is 1.00 bits per heavy atom. The highest BCUT2D eigenvalue weighted by Gasteiger charge is 2.26. The number of thioether (sulfide) groups is 1. The van der Waals surface area contributed by atoms with E-state index in [9.17, 15) is 5.26 Å². The van der Waals surface area contributed by atoms with Gasteiger partial charge < -0.3 is 5.73 Å². The predicted octanol–water partition coefficient (Wildman–Crippen LogP) is 3.30. The molecular formula is C16H16N2S. The SMILES string of the molecule is N#CC(N)(CSCc1ccccc1)c1ccccc1. The first-order valence-electron chi connectivity index (χ1n) is 6.12. The largest absolute Gasteiger partial charge is 0.309 e. The normalized spacial score (nSPS) is 13.5. The van der Waals surface area contributed by atoms with E-state index in [-0.39, 0.29) is 0 Å². The Labute approximate surface area is 118 Å². The van der Waals surface area contributed by atoms with Crippen LogP contribution in [0.25, 0.3) is 0 Å². The molecule has 3 heteroatoms. The molecule has 1 atom stereocenters. The molecule has 0 aromatic heterocycles. The standard InChI is InChI=1S/C16H16N2S/c17-12-16(18,15-9-5-2-6-10-15)13-19-11-14-7-3-1-4-8-14/h1-10H,11,13,18H2. The lowest BCUT2D eigenvalue weighted by Crippen LogP contribution is -2.37. The van der Waals surface area contributed by atoms with Crippen molar-refractivity contribution in [3.63, 3.8) is 0 Å². The van der Waals surface area contributed by atoms with Gasteiger partial charge >= 0.3 is 0 Å². The maximum absolute atomic E-state index is 9.35. The molecule has 0 aliphatic heterocycles. The Balaban J connectivity index is 1.99. The van der Waals surface area contributed by atoms with Gasteiger partial charge in [-0.3, -0.25) is 0 Å². The summed E-state index contributed by atoms with van der Waals surface area (Å²) in [7, 11) is 0. The third-order valence-electron chi connectivity index (χ3n) is 2.93. The Hall–Kier alpha value is -1.76. The van der Waals surface area contributed by atoms with Crippen LogP contribution in [0.2, 0.25) is 0 Å². The molecule has 0 saturated heterocycles. The molecule has 0 spiro atoms. The highest BCUT2D eigenvalue weighted by atomic mass is 32.2. The van der Waals surface area contributed by atoms with Gasteiger partial charge in [0, 0.05) is 11.5 Å². The van der Waals surface area contributed by atoms with Gasteiger partial charge in [0.2, 0.25) is 0 Å². The summed E-state index contributed by atoms with van der Waals surface area (Å²) in [6, 6.07) is 22.0. The molecule has 2 N–H and O–H groups in total. The number of nitrogens with zero attached hydrogens (tertiary/aromatic N) is 1. The van der Waals surface area contributed by atoms with Crippen LogP contribution in [0.4, 0.5) is 0 Å². The lowest BCUT2D eigenvalue weighted by atomic mass is 9.95. The van der Waals surface area contributed by atoms with E-state index in [1.54, 1.807) is 11.8 Å². The fourth-order valence-corrected chi connectivity index (χ4v) is 2.90. The molecule has 2 aromatic carbocycles. The molecule has 0 bridgehead atoms. The van der Waals surface area contributed by atoms with Crippen molar-refractivity contribution in [2.45, 2.75) is 11.3 Å². The first-order valence-corrected chi connectivity index (χ1v) is 7.27. The van der Waals surface area contributed by atoms with Crippen LogP contribution in [0.3, 0.4) is 0 Å². The van der Waals surface area contributed by atoms with Gasteiger partial charge in [-0.2, -0.15) is 17.0 Å². The average molecular weight is 268 g/mol. The number of nitriles is 1. The minimum atomic E-state index is -0.916. The van der Waals surface area contributed by atoms with Crippen molar-refractivity contribution in [2.75, 3.05) is 5.75 Å². The van der Waals surface area contributed by atoms with Crippen LogP contribution in [0.1, 0.15) is 11.1 Å². The van der Waals surface area contributed by atoms with E-state index < -0.39 is 5.54 Å². The lowest BCUT2D eigenvalue weighted by Gasteiger charge is -2.21. The van der Waals surface area contributed by atoms with E-state index in [0.717, 1.165) is 11.3 Å². The summed E-state index contributed by atoms with van der Waals surface area (Å²) in [4.78, 5) is 0. The smallest absolute Gasteiger partial charge is 0.138 e. The van der Waals surface area contributed by atoms with Crippen molar-refractivity contribution in [1.82, 2.24) is 0 Å².